The van der Waals surface area contributed by atoms with Crippen molar-refractivity contribution in [2.45, 2.75) is 25.5 Å². The predicted octanol–water partition coefficient (Wildman–Crippen LogP) is 1.62. The molecule has 90 valence electrons. The summed E-state index contributed by atoms with van der Waals surface area (Å²) in [6, 6.07) is 1.91. The third-order valence-electron chi connectivity index (χ3n) is 2.24. The van der Waals surface area contributed by atoms with Crippen molar-refractivity contribution in [3.63, 3.8) is 0 Å². The maximum Gasteiger partial charge on any atom is 0.239 e. The molecule has 1 rings (SSSR count). The second kappa shape index (κ2) is 6.55. The molecule has 0 radical (unpaired) electrons. The number of hydrogen-bond donors (Lipinski definition) is 3. The van der Waals surface area contributed by atoms with E-state index in [2.05, 4.69) is 33.9 Å². The molecule has 0 spiro atoms. The zero-order chi connectivity index (χ0) is 12.0. The molecular formula is C10H19N5S. The van der Waals surface area contributed by atoms with Gasteiger partial charge in [-0.1, -0.05) is 6.92 Å². The van der Waals surface area contributed by atoms with Crippen LogP contribution in [0.25, 0.3) is 0 Å². The molecule has 6 heteroatoms. The zero-order valence-electron chi connectivity index (χ0n) is 9.95. The average molecular weight is 241 g/mol. The highest BCUT2D eigenvalue weighted by molar-refractivity contribution is 7.99. The Morgan fingerprint density at radius 3 is 2.88 bits per heavy atom. The monoisotopic (exact) mass is 241 g/mol. The van der Waals surface area contributed by atoms with Gasteiger partial charge in [0.1, 0.15) is 5.82 Å². The molecule has 0 amide bonds. The van der Waals surface area contributed by atoms with Gasteiger partial charge in [-0.3, -0.25) is 5.43 Å². The molecule has 0 bridgehead atoms. The van der Waals surface area contributed by atoms with E-state index in [9.17, 15) is 0 Å². The van der Waals surface area contributed by atoms with Gasteiger partial charge in [0.05, 0.1) is 0 Å². The summed E-state index contributed by atoms with van der Waals surface area (Å²) in [5.41, 5.74) is 3.34. The van der Waals surface area contributed by atoms with Crippen molar-refractivity contribution in [3.8, 4) is 0 Å². The lowest BCUT2D eigenvalue weighted by Gasteiger charge is -2.10. The van der Waals surface area contributed by atoms with E-state index in [-0.39, 0.29) is 0 Å². The Kier molecular flexibility index (Phi) is 5.34. The van der Waals surface area contributed by atoms with E-state index in [1.165, 1.54) is 0 Å². The van der Waals surface area contributed by atoms with Crippen molar-refractivity contribution in [2.75, 3.05) is 23.5 Å². The van der Waals surface area contributed by atoms with E-state index in [0.717, 1.165) is 24.5 Å². The van der Waals surface area contributed by atoms with Crippen LogP contribution in [0.2, 0.25) is 0 Å². The summed E-state index contributed by atoms with van der Waals surface area (Å²) in [7, 11) is 0. The Bertz CT molecular complexity index is 331. The van der Waals surface area contributed by atoms with Gasteiger partial charge in [0.2, 0.25) is 5.95 Å². The van der Waals surface area contributed by atoms with Crippen LogP contribution in [0.15, 0.2) is 6.07 Å². The van der Waals surface area contributed by atoms with Crippen LogP contribution >= 0.6 is 11.8 Å². The molecule has 1 atom stereocenters. The molecule has 1 unspecified atom stereocenters. The number of nitrogens with two attached hydrogens (primary N) is 1. The van der Waals surface area contributed by atoms with Gasteiger partial charge in [0, 0.05) is 23.6 Å². The summed E-state index contributed by atoms with van der Waals surface area (Å²) in [6.07, 6.45) is 3.23. The number of aryl methyl sites for hydroxylation is 1. The summed E-state index contributed by atoms with van der Waals surface area (Å²) in [4.78, 5) is 8.33. The van der Waals surface area contributed by atoms with Gasteiger partial charge in [-0.15, -0.1) is 0 Å². The maximum absolute atomic E-state index is 5.28. The molecule has 16 heavy (non-hydrogen) atoms. The number of hydrogen-bond acceptors (Lipinski definition) is 6. The minimum Gasteiger partial charge on any atom is -0.370 e. The lowest BCUT2D eigenvalue weighted by atomic mass is 10.3. The van der Waals surface area contributed by atoms with Crippen molar-refractivity contribution in [1.82, 2.24) is 9.97 Å². The van der Waals surface area contributed by atoms with E-state index in [1.807, 2.05) is 24.8 Å². The summed E-state index contributed by atoms with van der Waals surface area (Å²) in [5.74, 6) is 6.54. The first-order valence-electron chi connectivity index (χ1n) is 5.24. The highest BCUT2D eigenvalue weighted by atomic mass is 32.2. The fraction of sp³-hybridized carbons (Fsp3) is 0.600. The normalized spacial score (nSPS) is 12.2. The first-order valence-corrected chi connectivity index (χ1v) is 6.53. The van der Waals surface area contributed by atoms with Crippen LogP contribution in [0.1, 0.15) is 19.0 Å². The van der Waals surface area contributed by atoms with Gasteiger partial charge in [-0.25, -0.2) is 10.8 Å². The molecule has 4 N–H and O–H groups in total. The molecule has 1 heterocycles. The molecule has 0 aromatic carbocycles. The fourth-order valence-electron chi connectivity index (χ4n) is 1.25. The van der Waals surface area contributed by atoms with Crippen LogP contribution in [0.4, 0.5) is 11.8 Å². The third-order valence-corrected chi connectivity index (χ3v) is 3.28. The zero-order valence-corrected chi connectivity index (χ0v) is 10.8. The number of thioether (sulfide) groups is 1. The molecule has 5 nitrogen and oxygen atoms in total. The van der Waals surface area contributed by atoms with E-state index < -0.39 is 0 Å². The van der Waals surface area contributed by atoms with Crippen LogP contribution in [-0.2, 0) is 0 Å². The van der Waals surface area contributed by atoms with Crippen molar-refractivity contribution in [2.24, 2.45) is 5.84 Å². The van der Waals surface area contributed by atoms with Gasteiger partial charge >= 0.3 is 0 Å². The largest absolute Gasteiger partial charge is 0.370 e. The lowest BCUT2D eigenvalue weighted by molar-refractivity contribution is 0.848. The molecule has 1 aromatic heterocycles. The van der Waals surface area contributed by atoms with Gasteiger partial charge in [0.15, 0.2) is 0 Å². The molecule has 0 aliphatic rings. The number of aromatic nitrogens is 2. The van der Waals surface area contributed by atoms with Crippen LogP contribution < -0.4 is 16.6 Å². The number of anilines is 2. The predicted molar refractivity (Wildman–Crippen MR) is 70.7 cm³/mol. The topological polar surface area (TPSA) is 75.9 Å². The minimum atomic E-state index is 0.445. The second-order valence-corrected chi connectivity index (χ2v) is 4.90. The van der Waals surface area contributed by atoms with Crippen LogP contribution in [0.5, 0.6) is 0 Å². The Morgan fingerprint density at radius 1 is 1.50 bits per heavy atom. The smallest absolute Gasteiger partial charge is 0.239 e. The van der Waals surface area contributed by atoms with Gasteiger partial charge in [-0.2, -0.15) is 16.7 Å². The van der Waals surface area contributed by atoms with E-state index in [0.29, 0.717) is 11.2 Å². The number of hydrazine groups is 1. The quantitative estimate of drug-likeness (QED) is 0.519. The number of rotatable bonds is 6. The maximum atomic E-state index is 5.28. The average Bonchev–Trinajstić information content (AvgIpc) is 2.28. The summed E-state index contributed by atoms with van der Waals surface area (Å²) < 4.78 is 0. The minimum absolute atomic E-state index is 0.445. The number of nitrogen functional groups attached to an aromatic ring is 1. The molecule has 1 aromatic rings. The Balaban J connectivity index is 2.50. The lowest BCUT2D eigenvalue weighted by Crippen LogP contribution is -2.14. The highest BCUT2D eigenvalue weighted by Crippen LogP contribution is 2.12. The van der Waals surface area contributed by atoms with Crippen LogP contribution in [0, 0.1) is 6.92 Å². The Hall–Kier alpha value is -1.01. The molecule has 0 fully saturated rings. The molecule has 0 saturated heterocycles. The number of nitrogens with zero attached hydrogens (tertiary/aromatic N) is 2. The molecule has 0 saturated carbocycles. The Morgan fingerprint density at radius 2 is 2.25 bits per heavy atom. The van der Waals surface area contributed by atoms with Crippen molar-refractivity contribution < 1.29 is 0 Å². The van der Waals surface area contributed by atoms with Crippen molar-refractivity contribution >= 4 is 23.5 Å². The standard InChI is InChI=1S/C10H19N5S/c1-7-6-9(14-10(13-7)15-11)12-5-4-8(2)16-3/h6,8H,4-5,11H2,1-3H3,(H2,12,13,14,15). The third kappa shape index (κ3) is 4.24. The van der Waals surface area contributed by atoms with Gasteiger partial charge in [-0.05, 0) is 19.6 Å². The molecule has 0 aliphatic carbocycles. The van der Waals surface area contributed by atoms with Crippen LogP contribution in [-0.4, -0.2) is 28.0 Å². The van der Waals surface area contributed by atoms with Crippen LogP contribution in [0.3, 0.4) is 0 Å². The van der Waals surface area contributed by atoms with Crippen molar-refractivity contribution in [3.05, 3.63) is 11.8 Å². The summed E-state index contributed by atoms with van der Waals surface area (Å²) in [5, 5.41) is 3.92. The number of nitrogens with one attached hydrogen (secondary N) is 2. The van der Waals surface area contributed by atoms with E-state index >= 15 is 0 Å². The first-order chi connectivity index (χ1) is 7.65. The Labute approximate surface area is 101 Å². The van der Waals surface area contributed by atoms with E-state index in [4.69, 9.17) is 5.84 Å². The first kappa shape index (κ1) is 13.1. The molecular weight excluding hydrogens is 222 g/mol. The van der Waals surface area contributed by atoms with Crippen molar-refractivity contribution in [1.29, 1.82) is 0 Å². The highest BCUT2D eigenvalue weighted by Gasteiger charge is 2.02. The van der Waals surface area contributed by atoms with Gasteiger partial charge in [0.25, 0.3) is 0 Å². The summed E-state index contributed by atoms with van der Waals surface area (Å²) in [6.45, 7) is 5.03. The van der Waals surface area contributed by atoms with E-state index in [1.54, 1.807) is 0 Å². The fourth-order valence-corrected chi connectivity index (χ4v) is 1.60. The molecule has 0 aliphatic heterocycles. The summed E-state index contributed by atoms with van der Waals surface area (Å²) >= 11 is 1.87. The SMILES string of the molecule is CSC(C)CCNc1cc(C)nc(NN)n1. The van der Waals surface area contributed by atoms with Gasteiger partial charge < -0.3 is 5.32 Å². The second-order valence-electron chi connectivity index (χ2n) is 3.62.